The van der Waals surface area contributed by atoms with Gasteiger partial charge in [-0.3, -0.25) is 14.5 Å². The predicted molar refractivity (Wildman–Crippen MR) is 177 cm³/mol. The fraction of sp³-hybridized carbons (Fsp3) is 0.256. The quantitative estimate of drug-likeness (QED) is 0.104. The summed E-state index contributed by atoms with van der Waals surface area (Å²) in [6, 6.07) is 28.8. The number of allylic oxidation sites excluding steroid dienone is 2. The summed E-state index contributed by atoms with van der Waals surface area (Å²) in [5.74, 6) is 0.508. The molecule has 0 bridgehead atoms. The molecule has 6 rings (SSSR count). The Morgan fingerprint density at radius 2 is 1.41 bits per heavy atom. The molecule has 46 heavy (non-hydrogen) atoms. The number of para-hydroxylation sites is 1. The van der Waals surface area contributed by atoms with E-state index in [1.54, 1.807) is 54.6 Å². The molecule has 1 aliphatic heterocycles. The average Bonchev–Trinajstić information content (AvgIpc) is 3.08. The number of hydrogen-bond acceptors (Lipinski definition) is 7. The maximum absolute atomic E-state index is 14.4. The molecule has 2 aliphatic rings. The molecule has 7 nitrogen and oxygen atoms in total. The van der Waals surface area contributed by atoms with Crippen LogP contribution in [0.2, 0.25) is 0 Å². The van der Waals surface area contributed by atoms with Crippen LogP contribution in [-0.2, 0) is 11.2 Å². The topological polar surface area (TPSA) is 82.1 Å². The van der Waals surface area contributed by atoms with E-state index < -0.39 is 11.9 Å². The third kappa shape index (κ3) is 7.27. The second-order valence-electron chi connectivity index (χ2n) is 11.6. The lowest BCUT2D eigenvalue weighted by molar-refractivity contribution is -0.131. The van der Waals surface area contributed by atoms with Crippen molar-refractivity contribution in [2.24, 2.45) is 0 Å². The van der Waals surface area contributed by atoms with E-state index in [4.69, 9.17) is 14.2 Å². The van der Waals surface area contributed by atoms with Gasteiger partial charge in [0.2, 0.25) is 0 Å². The number of fused-ring (bicyclic) bond motifs is 1. The van der Waals surface area contributed by atoms with Crippen LogP contribution < -0.4 is 14.2 Å². The monoisotopic (exact) mass is 615 g/mol. The Labute approximate surface area is 269 Å². The van der Waals surface area contributed by atoms with Crippen LogP contribution in [0.25, 0.3) is 11.1 Å². The molecule has 4 aromatic rings. The number of piperidine rings is 1. The number of esters is 2. The van der Waals surface area contributed by atoms with Crippen LogP contribution in [0.4, 0.5) is 0 Å². The second-order valence-corrected chi connectivity index (χ2v) is 11.6. The summed E-state index contributed by atoms with van der Waals surface area (Å²) in [6.07, 6.45) is 4.91. The zero-order valence-electron chi connectivity index (χ0n) is 26.0. The van der Waals surface area contributed by atoms with Crippen molar-refractivity contribution in [2.75, 3.05) is 26.2 Å². The fourth-order valence-electron chi connectivity index (χ4n) is 6.18. The standard InChI is InChI=1S/C39H37NO6/c1-27(41)45-36-13-7-6-12-34(36)35-20-16-30-26-32(46-39(43)29-10-4-2-5-11-29)19-21-33(30)37(35)38(42)28-14-17-31(18-15-28)44-25-24-40-22-8-3-9-23-40/h2,4-7,10-15,17-19,21,26H,3,8-9,16,20,22-25H2,1H3. The number of ether oxygens (including phenoxy) is 3. The van der Waals surface area contributed by atoms with E-state index >= 15 is 0 Å². The van der Waals surface area contributed by atoms with Gasteiger partial charge in [-0.25, -0.2) is 4.79 Å². The molecule has 7 heteroatoms. The first kappa shape index (κ1) is 31.0. The molecule has 4 aromatic carbocycles. The number of benzene rings is 4. The van der Waals surface area contributed by atoms with Crippen LogP contribution in [0.15, 0.2) is 97.1 Å². The van der Waals surface area contributed by atoms with Crippen LogP contribution in [0.3, 0.4) is 0 Å². The highest BCUT2D eigenvalue weighted by Gasteiger charge is 2.28. The van der Waals surface area contributed by atoms with Crippen molar-refractivity contribution in [1.29, 1.82) is 0 Å². The maximum Gasteiger partial charge on any atom is 0.343 e. The predicted octanol–water partition coefficient (Wildman–Crippen LogP) is 7.44. The van der Waals surface area contributed by atoms with Crippen LogP contribution >= 0.6 is 0 Å². The van der Waals surface area contributed by atoms with Crippen molar-refractivity contribution in [3.63, 3.8) is 0 Å². The van der Waals surface area contributed by atoms with Gasteiger partial charge in [0.05, 0.1) is 5.56 Å². The summed E-state index contributed by atoms with van der Waals surface area (Å²) >= 11 is 0. The number of carbonyl (C=O) groups excluding carboxylic acids is 3. The summed E-state index contributed by atoms with van der Waals surface area (Å²) in [5, 5.41) is 0. The van der Waals surface area contributed by atoms with E-state index in [0.29, 0.717) is 53.2 Å². The van der Waals surface area contributed by atoms with E-state index in [0.717, 1.165) is 42.1 Å². The molecule has 0 spiro atoms. The van der Waals surface area contributed by atoms with Gasteiger partial charge in [0.1, 0.15) is 23.9 Å². The third-order valence-corrected chi connectivity index (χ3v) is 8.45. The van der Waals surface area contributed by atoms with E-state index in [-0.39, 0.29) is 5.78 Å². The normalized spacial score (nSPS) is 14.7. The van der Waals surface area contributed by atoms with Crippen molar-refractivity contribution in [2.45, 2.75) is 39.0 Å². The van der Waals surface area contributed by atoms with Crippen molar-refractivity contribution < 1.29 is 28.6 Å². The number of nitrogens with zero attached hydrogens (tertiary/aromatic N) is 1. The SMILES string of the molecule is CC(=O)Oc1ccccc1C1=C(C(=O)c2ccc(OCCN3CCCCC3)cc2)c2ccc(OC(=O)c3ccccc3)cc2CC1. The van der Waals surface area contributed by atoms with E-state index in [1.165, 1.54) is 26.2 Å². The zero-order chi connectivity index (χ0) is 31.9. The number of rotatable bonds is 10. The molecule has 0 amide bonds. The first-order chi connectivity index (χ1) is 22.5. The molecule has 0 radical (unpaired) electrons. The van der Waals surface area contributed by atoms with E-state index in [1.807, 2.05) is 42.5 Å². The van der Waals surface area contributed by atoms with Crippen LogP contribution in [-0.4, -0.2) is 48.9 Å². The first-order valence-corrected chi connectivity index (χ1v) is 15.9. The van der Waals surface area contributed by atoms with Gasteiger partial charge in [0, 0.05) is 30.2 Å². The minimum Gasteiger partial charge on any atom is -0.492 e. The van der Waals surface area contributed by atoms with Crippen LogP contribution in [0.1, 0.15) is 70.0 Å². The highest BCUT2D eigenvalue weighted by molar-refractivity contribution is 6.35. The lowest BCUT2D eigenvalue weighted by atomic mass is 9.79. The Bertz CT molecular complexity index is 1750. The Balaban J connectivity index is 1.30. The van der Waals surface area contributed by atoms with Gasteiger partial charge < -0.3 is 14.2 Å². The molecule has 0 atom stereocenters. The number of likely N-dealkylation sites (tertiary alicyclic amines) is 1. The summed E-state index contributed by atoms with van der Waals surface area (Å²) < 4.78 is 17.3. The third-order valence-electron chi connectivity index (χ3n) is 8.45. The lowest BCUT2D eigenvalue weighted by Crippen LogP contribution is -2.33. The molecule has 0 saturated carbocycles. The van der Waals surface area contributed by atoms with Gasteiger partial charge in [-0.05, 0) is 110 Å². The Hall–Kier alpha value is -5.01. The smallest absolute Gasteiger partial charge is 0.343 e. The molecule has 0 unspecified atom stereocenters. The number of Topliss-reactive ketones (excluding diaryl/α,β-unsaturated/α-hetero) is 1. The largest absolute Gasteiger partial charge is 0.492 e. The van der Waals surface area contributed by atoms with Crippen LogP contribution in [0, 0.1) is 0 Å². The van der Waals surface area contributed by atoms with E-state index in [2.05, 4.69) is 4.90 Å². The molecule has 1 heterocycles. The summed E-state index contributed by atoms with van der Waals surface area (Å²) in [6.45, 7) is 5.08. The van der Waals surface area contributed by atoms with Crippen molar-refractivity contribution >= 4 is 28.9 Å². The highest BCUT2D eigenvalue weighted by atomic mass is 16.5. The molecular weight excluding hydrogens is 578 g/mol. The van der Waals surface area contributed by atoms with Gasteiger partial charge in [-0.1, -0.05) is 48.9 Å². The van der Waals surface area contributed by atoms with Gasteiger partial charge >= 0.3 is 11.9 Å². The van der Waals surface area contributed by atoms with Gasteiger partial charge in [0.25, 0.3) is 0 Å². The van der Waals surface area contributed by atoms with Crippen molar-refractivity contribution in [3.05, 3.63) is 125 Å². The maximum atomic E-state index is 14.4. The van der Waals surface area contributed by atoms with Gasteiger partial charge in [-0.15, -0.1) is 0 Å². The summed E-state index contributed by atoms with van der Waals surface area (Å²) in [4.78, 5) is 41.5. The fourth-order valence-corrected chi connectivity index (χ4v) is 6.18. The molecule has 1 fully saturated rings. The van der Waals surface area contributed by atoms with Crippen molar-refractivity contribution in [3.8, 4) is 17.2 Å². The number of carbonyl (C=O) groups is 3. The first-order valence-electron chi connectivity index (χ1n) is 15.9. The highest BCUT2D eigenvalue weighted by Crippen LogP contribution is 2.42. The number of hydrogen-bond donors (Lipinski definition) is 0. The molecule has 0 aromatic heterocycles. The number of ketones is 1. The average molecular weight is 616 g/mol. The Morgan fingerprint density at radius 3 is 2.17 bits per heavy atom. The summed E-state index contributed by atoms with van der Waals surface area (Å²) in [5.41, 5.74) is 4.65. The lowest BCUT2D eigenvalue weighted by Gasteiger charge is -2.26. The van der Waals surface area contributed by atoms with Crippen LogP contribution in [0.5, 0.6) is 17.2 Å². The van der Waals surface area contributed by atoms with Crippen molar-refractivity contribution in [1.82, 2.24) is 4.90 Å². The number of aryl methyl sites for hydroxylation is 1. The minimum atomic E-state index is -0.447. The molecule has 0 N–H and O–H groups in total. The molecule has 1 aliphatic carbocycles. The van der Waals surface area contributed by atoms with E-state index in [9.17, 15) is 14.4 Å². The molecule has 1 saturated heterocycles. The van der Waals surface area contributed by atoms with Gasteiger partial charge in [0.15, 0.2) is 5.78 Å². The minimum absolute atomic E-state index is 0.150. The Morgan fingerprint density at radius 1 is 0.696 bits per heavy atom. The second kappa shape index (κ2) is 14.4. The summed E-state index contributed by atoms with van der Waals surface area (Å²) in [7, 11) is 0. The molecular formula is C39H37NO6. The zero-order valence-corrected chi connectivity index (χ0v) is 26.0. The Kier molecular flexibility index (Phi) is 9.70. The van der Waals surface area contributed by atoms with Gasteiger partial charge in [-0.2, -0.15) is 0 Å². The molecule has 234 valence electrons.